The Morgan fingerprint density at radius 2 is 2.00 bits per heavy atom. The molecule has 0 radical (unpaired) electrons. The van der Waals surface area contributed by atoms with Crippen LogP contribution in [0.4, 0.5) is 0 Å². The number of hydrogen-bond donors (Lipinski definition) is 0. The van der Waals surface area contributed by atoms with Crippen molar-refractivity contribution < 1.29 is 22.0 Å². The number of hydrogen-bond acceptors (Lipinski definition) is 7. The van der Waals surface area contributed by atoms with Crippen LogP contribution in [-0.2, 0) is 14.8 Å². The lowest BCUT2D eigenvalue weighted by molar-refractivity contribution is -0.0177. The summed E-state index contributed by atoms with van der Waals surface area (Å²) in [7, 11) is -3.64. The van der Waals surface area contributed by atoms with Gasteiger partial charge in [-0.05, 0) is 19.9 Å². The van der Waals surface area contributed by atoms with Crippen molar-refractivity contribution in [3.8, 4) is 0 Å². The zero-order chi connectivity index (χ0) is 15.9. The maximum absolute atomic E-state index is 12.7. The average molecular weight is 327 g/mol. The third-order valence-corrected chi connectivity index (χ3v) is 5.43. The first-order valence-corrected chi connectivity index (χ1v) is 8.30. The molecule has 1 saturated heterocycles. The Kier molecular flexibility index (Phi) is 3.79. The molecule has 3 rings (SSSR count). The van der Waals surface area contributed by atoms with E-state index in [1.54, 1.807) is 20.8 Å². The minimum atomic E-state index is -3.64. The normalized spacial score (nSPS) is 20.4. The summed E-state index contributed by atoms with van der Waals surface area (Å²) in [5, 5.41) is 7.64. The Morgan fingerprint density at radius 1 is 1.23 bits per heavy atom. The van der Waals surface area contributed by atoms with Gasteiger partial charge in [-0.15, -0.1) is 10.2 Å². The zero-order valence-electron chi connectivity index (χ0n) is 12.6. The first kappa shape index (κ1) is 15.2. The van der Waals surface area contributed by atoms with E-state index in [1.807, 2.05) is 0 Å². The maximum Gasteiger partial charge on any atom is 0.246 e. The van der Waals surface area contributed by atoms with Crippen LogP contribution in [0.5, 0.6) is 0 Å². The predicted octanol–water partition coefficient (Wildman–Crippen LogP) is 1.35. The highest BCUT2D eigenvalue weighted by Crippen LogP contribution is 2.28. The second kappa shape index (κ2) is 5.49. The SMILES string of the molecule is Cc1cc(S(=O)(=O)N2CCO[C@@H](c3nnc(C)o3)C2)c(C)o1. The van der Waals surface area contributed by atoms with Crippen molar-refractivity contribution in [2.45, 2.75) is 31.8 Å². The molecule has 0 N–H and O–H groups in total. The lowest BCUT2D eigenvalue weighted by Crippen LogP contribution is -2.42. The van der Waals surface area contributed by atoms with E-state index in [4.69, 9.17) is 13.6 Å². The molecule has 1 aliphatic rings. The molecule has 1 fully saturated rings. The van der Waals surface area contributed by atoms with Gasteiger partial charge in [-0.3, -0.25) is 0 Å². The number of sulfonamides is 1. The molecular formula is C13H17N3O5S. The number of ether oxygens (including phenoxy) is 1. The number of furan rings is 1. The number of nitrogens with zero attached hydrogens (tertiary/aromatic N) is 3. The zero-order valence-corrected chi connectivity index (χ0v) is 13.4. The van der Waals surface area contributed by atoms with Crippen LogP contribution in [-0.4, -0.2) is 42.6 Å². The number of rotatable bonds is 3. The molecule has 0 saturated carbocycles. The minimum absolute atomic E-state index is 0.133. The van der Waals surface area contributed by atoms with E-state index < -0.39 is 16.1 Å². The number of morpholine rings is 1. The molecule has 0 aliphatic carbocycles. The topological polar surface area (TPSA) is 98.7 Å². The van der Waals surface area contributed by atoms with Gasteiger partial charge in [0.1, 0.15) is 22.5 Å². The molecule has 1 aliphatic heterocycles. The third-order valence-electron chi connectivity index (χ3n) is 3.46. The largest absolute Gasteiger partial charge is 0.465 e. The molecule has 0 amide bonds. The van der Waals surface area contributed by atoms with Gasteiger partial charge in [0, 0.05) is 20.0 Å². The van der Waals surface area contributed by atoms with Crippen LogP contribution in [0.2, 0.25) is 0 Å². The molecule has 2 aromatic rings. The fourth-order valence-electron chi connectivity index (χ4n) is 2.44. The van der Waals surface area contributed by atoms with Gasteiger partial charge in [0.15, 0.2) is 0 Å². The summed E-state index contributed by atoms with van der Waals surface area (Å²) in [6.07, 6.45) is -0.557. The molecule has 2 aromatic heterocycles. The van der Waals surface area contributed by atoms with Crippen molar-refractivity contribution in [1.82, 2.24) is 14.5 Å². The Bertz CT molecular complexity index is 779. The minimum Gasteiger partial charge on any atom is -0.465 e. The molecule has 0 bridgehead atoms. The standard InChI is InChI=1S/C13H17N3O5S/c1-8-6-12(9(2)20-8)22(17,18)16-4-5-19-11(7-16)13-15-14-10(3)21-13/h6,11H,4-5,7H2,1-3H3/t11-/m1/s1. The molecule has 0 spiro atoms. The Morgan fingerprint density at radius 3 is 2.59 bits per heavy atom. The number of aryl methyl sites for hydroxylation is 3. The predicted molar refractivity (Wildman–Crippen MR) is 74.7 cm³/mol. The summed E-state index contributed by atoms with van der Waals surface area (Å²) >= 11 is 0. The molecular weight excluding hydrogens is 310 g/mol. The quantitative estimate of drug-likeness (QED) is 0.839. The first-order chi connectivity index (χ1) is 10.4. The van der Waals surface area contributed by atoms with Crippen molar-refractivity contribution in [2.24, 2.45) is 0 Å². The Hall–Kier alpha value is -1.71. The van der Waals surface area contributed by atoms with E-state index >= 15 is 0 Å². The van der Waals surface area contributed by atoms with Crippen LogP contribution in [0.3, 0.4) is 0 Å². The third kappa shape index (κ3) is 2.67. The van der Waals surface area contributed by atoms with Crippen molar-refractivity contribution in [2.75, 3.05) is 19.7 Å². The van der Waals surface area contributed by atoms with E-state index in [2.05, 4.69) is 10.2 Å². The van der Waals surface area contributed by atoms with Crippen LogP contribution in [0.15, 0.2) is 19.8 Å². The summed E-state index contributed by atoms with van der Waals surface area (Å²) in [4.78, 5) is 0.187. The molecule has 3 heterocycles. The Labute approximate surface area is 128 Å². The number of aromatic nitrogens is 2. The average Bonchev–Trinajstić information content (AvgIpc) is 3.05. The van der Waals surface area contributed by atoms with Crippen LogP contribution < -0.4 is 0 Å². The smallest absolute Gasteiger partial charge is 0.246 e. The molecule has 9 heteroatoms. The van der Waals surface area contributed by atoms with E-state index in [0.29, 0.717) is 17.4 Å². The molecule has 120 valence electrons. The lowest BCUT2D eigenvalue weighted by Gasteiger charge is -2.30. The summed E-state index contributed by atoms with van der Waals surface area (Å²) in [5.41, 5.74) is 0. The van der Waals surface area contributed by atoms with Crippen molar-refractivity contribution in [3.63, 3.8) is 0 Å². The van der Waals surface area contributed by atoms with E-state index in [9.17, 15) is 8.42 Å². The maximum atomic E-state index is 12.7. The molecule has 1 atom stereocenters. The van der Waals surface area contributed by atoms with Gasteiger partial charge < -0.3 is 13.6 Å². The van der Waals surface area contributed by atoms with E-state index in [0.717, 1.165) is 0 Å². The molecule has 0 unspecified atom stereocenters. The second-order valence-electron chi connectivity index (χ2n) is 5.16. The molecule has 8 nitrogen and oxygen atoms in total. The van der Waals surface area contributed by atoms with Crippen LogP contribution in [0, 0.1) is 20.8 Å². The van der Waals surface area contributed by atoms with Crippen molar-refractivity contribution in [1.29, 1.82) is 0 Å². The fraction of sp³-hybridized carbons (Fsp3) is 0.538. The van der Waals surface area contributed by atoms with Crippen LogP contribution in [0.1, 0.15) is 29.4 Å². The van der Waals surface area contributed by atoms with Crippen LogP contribution >= 0.6 is 0 Å². The molecule has 0 aromatic carbocycles. The van der Waals surface area contributed by atoms with Crippen LogP contribution in [0.25, 0.3) is 0 Å². The lowest BCUT2D eigenvalue weighted by atomic mass is 10.3. The van der Waals surface area contributed by atoms with Crippen molar-refractivity contribution in [3.05, 3.63) is 29.4 Å². The first-order valence-electron chi connectivity index (χ1n) is 6.86. The van der Waals surface area contributed by atoms with E-state index in [1.165, 1.54) is 10.4 Å². The summed E-state index contributed by atoms with van der Waals surface area (Å²) in [6.45, 7) is 5.70. The Balaban J connectivity index is 1.86. The molecule has 22 heavy (non-hydrogen) atoms. The van der Waals surface area contributed by atoms with Gasteiger partial charge >= 0.3 is 0 Å². The van der Waals surface area contributed by atoms with Gasteiger partial charge in [-0.25, -0.2) is 8.42 Å². The highest BCUT2D eigenvalue weighted by atomic mass is 32.2. The highest BCUT2D eigenvalue weighted by Gasteiger charge is 2.35. The van der Waals surface area contributed by atoms with Gasteiger partial charge in [0.05, 0.1) is 6.61 Å². The highest BCUT2D eigenvalue weighted by molar-refractivity contribution is 7.89. The summed E-state index contributed by atoms with van der Waals surface area (Å²) in [6, 6.07) is 1.53. The van der Waals surface area contributed by atoms with Gasteiger partial charge in [-0.1, -0.05) is 0 Å². The second-order valence-corrected chi connectivity index (χ2v) is 7.07. The van der Waals surface area contributed by atoms with E-state index in [-0.39, 0.29) is 30.5 Å². The van der Waals surface area contributed by atoms with Gasteiger partial charge in [0.2, 0.25) is 21.8 Å². The summed E-state index contributed by atoms with van der Waals surface area (Å²) < 4.78 is 43.1. The summed E-state index contributed by atoms with van der Waals surface area (Å²) in [5.74, 6) is 1.65. The monoisotopic (exact) mass is 327 g/mol. The van der Waals surface area contributed by atoms with Crippen molar-refractivity contribution >= 4 is 10.0 Å². The van der Waals surface area contributed by atoms with Gasteiger partial charge in [-0.2, -0.15) is 4.31 Å². The van der Waals surface area contributed by atoms with Gasteiger partial charge in [0.25, 0.3) is 0 Å². The fourth-order valence-corrected chi connectivity index (χ4v) is 4.08.